The normalized spacial score (nSPS) is 14.8. The number of nitrogens with zero attached hydrogens (tertiary/aromatic N) is 2. The maximum Gasteiger partial charge on any atom is 0.237 e. The maximum atomic E-state index is 12.7. The highest BCUT2D eigenvalue weighted by Gasteiger charge is 2.23. The van der Waals surface area contributed by atoms with Crippen molar-refractivity contribution < 1.29 is 4.79 Å². The van der Waals surface area contributed by atoms with Crippen LogP contribution in [0.2, 0.25) is 0 Å². The number of thiophene rings is 1. The molecule has 26 heavy (non-hydrogen) atoms. The first-order valence-corrected chi connectivity index (χ1v) is 10.6. The van der Waals surface area contributed by atoms with Gasteiger partial charge < -0.3 is 5.32 Å². The molecule has 134 valence electrons. The third-order valence-electron chi connectivity index (χ3n) is 4.78. The van der Waals surface area contributed by atoms with Gasteiger partial charge in [-0.25, -0.2) is 9.97 Å². The van der Waals surface area contributed by atoms with E-state index in [1.807, 2.05) is 38.1 Å². The monoisotopic (exact) mass is 383 g/mol. The predicted molar refractivity (Wildman–Crippen MR) is 109 cm³/mol. The van der Waals surface area contributed by atoms with E-state index >= 15 is 0 Å². The molecule has 6 heteroatoms. The largest absolute Gasteiger partial charge is 0.325 e. The van der Waals surface area contributed by atoms with Crippen LogP contribution in [0, 0.1) is 6.92 Å². The summed E-state index contributed by atoms with van der Waals surface area (Å²) in [5.74, 6) is 0.000148. The van der Waals surface area contributed by atoms with Gasteiger partial charge in [0.2, 0.25) is 5.91 Å². The fourth-order valence-corrected chi connectivity index (χ4v) is 5.56. The molecule has 1 aliphatic rings. The summed E-state index contributed by atoms with van der Waals surface area (Å²) in [6.07, 6.45) is 6.34. The molecule has 2 aromatic heterocycles. The molecule has 1 aromatic carbocycles. The molecule has 0 bridgehead atoms. The fraction of sp³-hybridized carbons (Fsp3) is 0.350. The Hall–Kier alpha value is -1.92. The number of para-hydroxylation sites is 1. The van der Waals surface area contributed by atoms with E-state index in [1.54, 1.807) is 17.7 Å². The number of carbonyl (C=O) groups excluding carboxylic acids is 1. The van der Waals surface area contributed by atoms with E-state index in [2.05, 4.69) is 15.3 Å². The number of carbonyl (C=O) groups is 1. The summed E-state index contributed by atoms with van der Waals surface area (Å²) in [5.41, 5.74) is 3.34. The van der Waals surface area contributed by atoms with Gasteiger partial charge in [0.25, 0.3) is 0 Å². The summed E-state index contributed by atoms with van der Waals surface area (Å²) in [7, 11) is 0. The van der Waals surface area contributed by atoms with Gasteiger partial charge in [-0.3, -0.25) is 4.79 Å². The van der Waals surface area contributed by atoms with Crippen molar-refractivity contribution >= 4 is 44.9 Å². The van der Waals surface area contributed by atoms with Crippen LogP contribution < -0.4 is 5.32 Å². The number of benzene rings is 1. The number of aryl methyl sites for hydroxylation is 3. The third kappa shape index (κ3) is 3.35. The van der Waals surface area contributed by atoms with Crippen LogP contribution in [0.3, 0.4) is 0 Å². The highest BCUT2D eigenvalue weighted by molar-refractivity contribution is 8.00. The van der Waals surface area contributed by atoms with Gasteiger partial charge in [-0.05, 0) is 56.7 Å². The molecule has 0 fully saturated rings. The number of fused-ring (bicyclic) bond motifs is 3. The molecule has 4 rings (SSSR count). The average Bonchev–Trinajstić information content (AvgIpc) is 3.03. The van der Waals surface area contributed by atoms with E-state index in [0.717, 1.165) is 33.9 Å². The first-order chi connectivity index (χ1) is 12.6. The molecule has 1 amide bonds. The molecule has 0 saturated heterocycles. The Labute approximate surface area is 161 Å². The minimum Gasteiger partial charge on any atom is -0.325 e. The zero-order valence-electron chi connectivity index (χ0n) is 14.9. The average molecular weight is 384 g/mol. The van der Waals surface area contributed by atoms with Crippen molar-refractivity contribution in [2.45, 2.75) is 49.8 Å². The lowest BCUT2D eigenvalue weighted by Gasteiger charge is -2.15. The van der Waals surface area contributed by atoms with Crippen LogP contribution in [-0.2, 0) is 17.6 Å². The number of amides is 1. The number of aromatic nitrogens is 2. The first-order valence-electron chi connectivity index (χ1n) is 8.92. The summed E-state index contributed by atoms with van der Waals surface area (Å²) in [5, 5.41) is 4.91. The lowest BCUT2D eigenvalue weighted by molar-refractivity contribution is -0.115. The van der Waals surface area contributed by atoms with Crippen molar-refractivity contribution in [3.63, 3.8) is 0 Å². The Kier molecular flexibility index (Phi) is 4.96. The van der Waals surface area contributed by atoms with Gasteiger partial charge in [-0.2, -0.15) is 0 Å². The Balaban J connectivity index is 1.58. The van der Waals surface area contributed by atoms with Gasteiger partial charge in [0.15, 0.2) is 0 Å². The minimum absolute atomic E-state index is 0.000148. The van der Waals surface area contributed by atoms with E-state index < -0.39 is 0 Å². The number of anilines is 1. The number of rotatable bonds is 4. The quantitative estimate of drug-likeness (QED) is 0.509. The molecule has 0 radical (unpaired) electrons. The smallest absolute Gasteiger partial charge is 0.237 e. The van der Waals surface area contributed by atoms with E-state index in [9.17, 15) is 4.79 Å². The second-order valence-electron chi connectivity index (χ2n) is 6.63. The lowest BCUT2D eigenvalue weighted by Crippen LogP contribution is -2.23. The highest BCUT2D eigenvalue weighted by Crippen LogP contribution is 2.40. The van der Waals surface area contributed by atoms with Crippen LogP contribution in [0.25, 0.3) is 10.2 Å². The van der Waals surface area contributed by atoms with Gasteiger partial charge in [0.1, 0.15) is 16.2 Å². The molecular formula is C20H21N3OS2. The first kappa shape index (κ1) is 17.5. The van der Waals surface area contributed by atoms with Crippen LogP contribution >= 0.6 is 23.1 Å². The Morgan fingerprint density at radius 1 is 1.23 bits per heavy atom. The second kappa shape index (κ2) is 7.37. The van der Waals surface area contributed by atoms with Crippen LogP contribution in [0.1, 0.15) is 35.8 Å². The van der Waals surface area contributed by atoms with Crippen molar-refractivity contribution in [2.24, 2.45) is 0 Å². The molecule has 1 atom stereocenters. The molecule has 0 saturated carbocycles. The van der Waals surface area contributed by atoms with Gasteiger partial charge in [0.05, 0.1) is 5.25 Å². The minimum atomic E-state index is -0.230. The van der Waals surface area contributed by atoms with Gasteiger partial charge in [0, 0.05) is 16.0 Å². The Morgan fingerprint density at radius 3 is 2.88 bits per heavy atom. The molecule has 3 aromatic rings. The number of thioether (sulfide) groups is 1. The van der Waals surface area contributed by atoms with Gasteiger partial charge in [-0.15, -0.1) is 11.3 Å². The zero-order valence-corrected chi connectivity index (χ0v) is 16.5. The van der Waals surface area contributed by atoms with E-state index in [4.69, 9.17) is 0 Å². The lowest BCUT2D eigenvalue weighted by atomic mass is 9.97. The van der Waals surface area contributed by atoms with Crippen molar-refractivity contribution in [1.82, 2.24) is 9.97 Å². The molecule has 4 nitrogen and oxygen atoms in total. The Bertz CT molecular complexity index is 967. The van der Waals surface area contributed by atoms with E-state index in [1.165, 1.54) is 40.4 Å². The summed E-state index contributed by atoms with van der Waals surface area (Å²) >= 11 is 3.32. The van der Waals surface area contributed by atoms with Crippen molar-refractivity contribution in [2.75, 3.05) is 5.32 Å². The van der Waals surface area contributed by atoms with Crippen LogP contribution in [0.5, 0.6) is 0 Å². The van der Waals surface area contributed by atoms with Crippen molar-refractivity contribution in [1.29, 1.82) is 0 Å². The van der Waals surface area contributed by atoms with Crippen LogP contribution in [-0.4, -0.2) is 21.1 Å². The highest BCUT2D eigenvalue weighted by atomic mass is 32.2. The topological polar surface area (TPSA) is 54.9 Å². The van der Waals surface area contributed by atoms with Gasteiger partial charge in [-0.1, -0.05) is 30.0 Å². The molecular weight excluding hydrogens is 362 g/mol. The van der Waals surface area contributed by atoms with Crippen LogP contribution in [0.15, 0.2) is 35.6 Å². The Morgan fingerprint density at radius 2 is 2.04 bits per heavy atom. The molecule has 1 aliphatic carbocycles. The molecule has 1 N–H and O–H groups in total. The number of hydrogen-bond acceptors (Lipinski definition) is 5. The van der Waals surface area contributed by atoms with Crippen molar-refractivity contribution in [3.8, 4) is 0 Å². The predicted octanol–water partition coefficient (Wildman–Crippen LogP) is 5.00. The van der Waals surface area contributed by atoms with E-state index in [-0.39, 0.29) is 11.2 Å². The SMILES string of the molecule is Cc1ccccc1NC(=O)C(C)Sc1ncnc2sc3c(c12)CCCC3. The summed E-state index contributed by atoms with van der Waals surface area (Å²) in [6, 6.07) is 7.84. The summed E-state index contributed by atoms with van der Waals surface area (Å²) in [4.78, 5) is 24.1. The van der Waals surface area contributed by atoms with Gasteiger partial charge >= 0.3 is 0 Å². The van der Waals surface area contributed by atoms with Crippen molar-refractivity contribution in [3.05, 3.63) is 46.6 Å². The standard InChI is InChI=1S/C20H21N3OS2/c1-12-7-3-5-9-15(12)23-18(24)13(2)25-19-17-14-8-4-6-10-16(14)26-20(17)22-11-21-19/h3,5,7,9,11,13H,4,6,8,10H2,1-2H3,(H,23,24). The number of hydrogen-bond donors (Lipinski definition) is 1. The maximum absolute atomic E-state index is 12.7. The third-order valence-corrected chi connectivity index (χ3v) is 7.08. The fourth-order valence-electron chi connectivity index (χ4n) is 3.32. The molecule has 1 unspecified atom stereocenters. The van der Waals surface area contributed by atoms with Crippen LogP contribution in [0.4, 0.5) is 5.69 Å². The summed E-state index contributed by atoms with van der Waals surface area (Å²) < 4.78 is 0. The zero-order chi connectivity index (χ0) is 18.1. The molecule has 0 spiro atoms. The number of nitrogens with one attached hydrogen (secondary N) is 1. The molecule has 0 aliphatic heterocycles. The second-order valence-corrected chi connectivity index (χ2v) is 9.05. The molecule has 2 heterocycles. The van der Waals surface area contributed by atoms with E-state index in [0.29, 0.717) is 0 Å². The summed E-state index contributed by atoms with van der Waals surface area (Å²) in [6.45, 7) is 3.93.